The van der Waals surface area contributed by atoms with Crippen molar-refractivity contribution in [2.45, 2.75) is 39.8 Å². The standard InChI is InChI=1S/C13H21NO2/c1-10(2)13(15)6-5-7-14-11(3)8-16-9-12(14)4/h10-12H,7-9H2,1-4H3. The van der Waals surface area contributed by atoms with E-state index in [2.05, 4.69) is 30.6 Å². The van der Waals surface area contributed by atoms with Gasteiger partial charge in [-0.3, -0.25) is 9.69 Å². The summed E-state index contributed by atoms with van der Waals surface area (Å²) in [5, 5.41) is 0. The number of rotatable bonds is 2. The average molecular weight is 223 g/mol. The van der Waals surface area contributed by atoms with Crippen LogP contribution < -0.4 is 0 Å². The normalized spacial score (nSPS) is 26.3. The van der Waals surface area contributed by atoms with E-state index in [4.69, 9.17) is 4.74 Å². The van der Waals surface area contributed by atoms with Gasteiger partial charge in [0.1, 0.15) is 0 Å². The number of morpholine rings is 1. The summed E-state index contributed by atoms with van der Waals surface area (Å²) < 4.78 is 5.43. The Hall–Kier alpha value is -0.850. The molecule has 0 saturated carbocycles. The summed E-state index contributed by atoms with van der Waals surface area (Å²) in [4.78, 5) is 13.6. The van der Waals surface area contributed by atoms with E-state index in [1.807, 2.05) is 13.8 Å². The van der Waals surface area contributed by atoms with E-state index < -0.39 is 0 Å². The van der Waals surface area contributed by atoms with Crippen molar-refractivity contribution in [2.75, 3.05) is 19.8 Å². The quantitative estimate of drug-likeness (QED) is 0.522. The molecular weight excluding hydrogens is 202 g/mol. The largest absolute Gasteiger partial charge is 0.378 e. The van der Waals surface area contributed by atoms with Crippen molar-refractivity contribution in [1.29, 1.82) is 0 Å². The molecule has 2 unspecified atom stereocenters. The minimum atomic E-state index is 0.00651. The van der Waals surface area contributed by atoms with Crippen LogP contribution in [0.4, 0.5) is 0 Å². The van der Waals surface area contributed by atoms with E-state index in [0.29, 0.717) is 18.6 Å². The number of ketones is 1. The van der Waals surface area contributed by atoms with E-state index in [0.717, 1.165) is 13.2 Å². The maximum Gasteiger partial charge on any atom is 0.208 e. The summed E-state index contributed by atoms with van der Waals surface area (Å²) >= 11 is 0. The third-order valence-corrected chi connectivity index (χ3v) is 2.85. The summed E-state index contributed by atoms with van der Waals surface area (Å²) in [6.45, 7) is 10.2. The number of carbonyl (C=O) groups is 1. The molecule has 16 heavy (non-hydrogen) atoms. The maximum absolute atomic E-state index is 11.3. The van der Waals surface area contributed by atoms with E-state index in [1.165, 1.54) is 0 Å². The lowest BCUT2D eigenvalue weighted by Crippen LogP contribution is -2.49. The van der Waals surface area contributed by atoms with Gasteiger partial charge in [-0.05, 0) is 19.8 Å². The van der Waals surface area contributed by atoms with Gasteiger partial charge in [-0.2, -0.15) is 0 Å². The molecule has 0 aromatic rings. The van der Waals surface area contributed by atoms with Crippen LogP contribution in [0.15, 0.2) is 0 Å². The highest BCUT2D eigenvalue weighted by Gasteiger charge is 2.24. The van der Waals surface area contributed by atoms with Gasteiger partial charge >= 0.3 is 0 Å². The summed E-state index contributed by atoms with van der Waals surface area (Å²) in [6.07, 6.45) is 0. The van der Waals surface area contributed by atoms with Crippen molar-refractivity contribution in [2.24, 2.45) is 5.92 Å². The van der Waals surface area contributed by atoms with Gasteiger partial charge in [0.25, 0.3) is 0 Å². The Balaban J connectivity index is 2.49. The van der Waals surface area contributed by atoms with Crippen molar-refractivity contribution in [1.82, 2.24) is 4.90 Å². The molecule has 1 fully saturated rings. The molecule has 0 bridgehead atoms. The zero-order valence-corrected chi connectivity index (χ0v) is 10.6. The monoisotopic (exact) mass is 223 g/mol. The van der Waals surface area contributed by atoms with E-state index in [-0.39, 0.29) is 11.7 Å². The first kappa shape index (κ1) is 13.2. The van der Waals surface area contributed by atoms with Crippen LogP contribution in [-0.2, 0) is 9.53 Å². The van der Waals surface area contributed by atoms with Crippen molar-refractivity contribution < 1.29 is 9.53 Å². The first-order valence-corrected chi connectivity index (χ1v) is 5.88. The topological polar surface area (TPSA) is 29.5 Å². The van der Waals surface area contributed by atoms with Crippen LogP contribution in [0.1, 0.15) is 27.7 Å². The number of Topliss-reactive ketones (excluding diaryl/α,β-unsaturated/α-hetero) is 1. The Morgan fingerprint density at radius 2 is 1.94 bits per heavy atom. The number of carbonyl (C=O) groups excluding carboxylic acids is 1. The van der Waals surface area contributed by atoms with Crippen LogP contribution in [0.5, 0.6) is 0 Å². The first-order valence-electron chi connectivity index (χ1n) is 5.88. The second-order valence-electron chi connectivity index (χ2n) is 4.73. The van der Waals surface area contributed by atoms with E-state index >= 15 is 0 Å². The maximum atomic E-state index is 11.3. The lowest BCUT2D eigenvalue weighted by Gasteiger charge is -2.37. The second kappa shape index (κ2) is 6.03. The Morgan fingerprint density at radius 3 is 2.44 bits per heavy atom. The molecule has 0 radical (unpaired) electrons. The van der Waals surface area contributed by atoms with Gasteiger partial charge < -0.3 is 4.74 Å². The molecule has 0 aliphatic carbocycles. The molecule has 0 aromatic heterocycles. The van der Waals surface area contributed by atoms with Gasteiger partial charge in [0.15, 0.2) is 0 Å². The molecular formula is C13H21NO2. The fraction of sp³-hybridized carbons (Fsp3) is 0.769. The highest BCUT2D eigenvalue weighted by Crippen LogP contribution is 2.11. The highest BCUT2D eigenvalue weighted by atomic mass is 16.5. The molecule has 1 aliphatic heterocycles. The van der Waals surface area contributed by atoms with Crippen LogP contribution in [0.25, 0.3) is 0 Å². The van der Waals surface area contributed by atoms with Crippen molar-refractivity contribution >= 4 is 5.78 Å². The molecule has 3 heteroatoms. The van der Waals surface area contributed by atoms with E-state index in [1.54, 1.807) is 0 Å². The van der Waals surface area contributed by atoms with Crippen molar-refractivity contribution in [3.05, 3.63) is 0 Å². The minimum Gasteiger partial charge on any atom is -0.378 e. The fourth-order valence-corrected chi connectivity index (χ4v) is 1.71. The lowest BCUT2D eigenvalue weighted by molar-refractivity contribution is -0.116. The molecule has 0 spiro atoms. The number of hydrogen-bond acceptors (Lipinski definition) is 3. The third-order valence-electron chi connectivity index (χ3n) is 2.85. The molecule has 90 valence electrons. The SMILES string of the molecule is CC(C)C(=O)C#CCN1C(C)COCC1C. The second-order valence-corrected chi connectivity index (χ2v) is 4.73. The smallest absolute Gasteiger partial charge is 0.208 e. The molecule has 1 heterocycles. The van der Waals surface area contributed by atoms with Gasteiger partial charge in [0.2, 0.25) is 5.78 Å². The molecule has 1 saturated heterocycles. The average Bonchev–Trinajstić information content (AvgIpc) is 2.22. The van der Waals surface area contributed by atoms with Crippen molar-refractivity contribution in [3.63, 3.8) is 0 Å². The van der Waals surface area contributed by atoms with Gasteiger partial charge in [-0.1, -0.05) is 19.8 Å². The minimum absolute atomic E-state index is 0.00651. The van der Waals surface area contributed by atoms with Crippen LogP contribution in [0, 0.1) is 17.8 Å². The molecule has 1 aliphatic rings. The lowest BCUT2D eigenvalue weighted by atomic mass is 10.1. The number of hydrogen-bond donors (Lipinski definition) is 0. The molecule has 0 N–H and O–H groups in total. The first-order chi connectivity index (χ1) is 7.52. The van der Waals surface area contributed by atoms with Gasteiger partial charge in [0, 0.05) is 18.0 Å². The molecule has 0 aromatic carbocycles. The Morgan fingerprint density at radius 1 is 1.38 bits per heavy atom. The molecule has 0 amide bonds. The van der Waals surface area contributed by atoms with Crippen LogP contribution in [0.3, 0.4) is 0 Å². The third kappa shape index (κ3) is 3.62. The molecule has 2 atom stereocenters. The van der Waals surface area contributed by atoms with Crippen molar-refractivity contribution in [3.8, 4) is 11.8 Å². The summed E-state index contributed by atoms with van der Waals surface area (Å²) in [7, 11) is 0. The summed E-state index contributed by atoms with van der Waals surface area (Å²) in [5.41, 5.74) is 0. The number of ether oxygens (including phenoxy) is 1. The highest BCUT2D eigenvalue weighted by molar-refractivity contribution is 5.96. The van der Waals surface area contributed by atoms with Gasteiger partial charge in [0.05, 0.1) is 19.8 Å². The Bertz CT molecular complexity index is 291. The van der Waals surface area contributed by atoms with E-state index in [9.17, 15) is 4.79 Å². The predicted octanol–water partition coefficient (Wildman–Crippen LogP) is 1.32. The fourth-order valence-electron chi connectivity index (χ4n) is 1.71. The Labute approximate surface area is 98.1 Å². The number of nitrogens with zero attached hydrogens (tertiary/aromatic N) is 1. The van der Waals surface area contributed by atoms with Gasteiger partial charge in [-0.15, -0.1) is 0 Å². The molecule has 3 nitrogen and oxygen atoms in total. The van der Waals surface area contributed by atoms with Crippen LogP contribution in [0.2, 0.25) is 0 Å². The summed E-state index contributed by atoms with van der Waals surface area (Å²) in [6, 6.07) is 0.763. The zero-order chi connectivity index (χ0) is 12.1. The van der Waals surface area contributed by atoms with Gasteiger partial charge in [-0.25, -0.2) is 0 Å². The van der Waals surface area contributed by atoms with Crippen LogP contribution in [-0.4, -0.2) is 42.5 Å². The molecule has 1 rings (SSSR count). The zero-order valence-electron chi connectivity index (χ0n) is 10.6. The predicted molar refractivity (Wildman–Crippen MR) is 64.1 cm³/mol. The Kier molecular flexibility index (Phi) is 4.98. The van der Waals surface area contributed by atoms with Crippen LogP contribution >= 0.6 is 0 Å². The summed E-state index contributed by atoms with van der Waals surface area (Å²) in [5.74, 6) is 5.70.